The van der Waals surface area contributed by atoms with Crippen LogP contribution in [0.2, 0.25) is 0 Å². The highest BCUT2D eigenvalue weighted by atomic mass is 19.1. The number of phenolic OH excluding ortho intramolecular Hbond substituents is 1. The van der Waals surface area contributed by atoms with Gasteiger partial charge in [0.2, 0.25) is 0 Å². The van der Waals surface area contributed by atoms with Crippen molar-refractivity contribution < 1.29 is 19.0 Å². The summed E-state index contributed by atoms with van der Waals surface area (Å²) in [7, 11) is 5.39. The van der Waals surface area contributed by atoms with Crippen LogP contribution in [0, 0.1) is 12.7 Å². The molecule has 0 bridgehead atoms. The molecule has 0 spiro atoms. The molecule has 6 heteroatoms. The first-order chi connectivity index (χ1) is 10.3. The Balaban J connectivity index is 2.87. The second-order valence-electron chi connectivity index (χ2n) is 5.56. The minimum absolute atomic E-state index is 0.255. The van der Waals surface area contributed by atoms with Crippen LogP contribution in [0.5, 0.6) is 5.75 Å². The Morgan fingerprint density at radius 1 is 1.45 bits per heavy atom. The number of carbonyl (C=O) groups excluding carboxylic acids is 1. The van der Waals surface area contributed by atoms with Crippen LogP contribution in [-0.2, 0) is 18.3 Å². The number of ether oxygens (including phenoxy) is 1. The number of phenols is 1. The average molecular weight is 308 g/mol. The van der Waals surface area contributed by atoms with Gasteiger partial charge in [-0.2, -0.15) is 0 Å². The Morgan fingerprint density at radius 3 is 2.64 bits per heavy atom. The highest BCUT2D eigenvalue weighted by molar-refractivity contribution is 6.08. The van der Waals surface area contributed by atoms with Crippen LogP contribution in [0.4, 0.5) is 4.39 Å². The van der Waals surface area contributed by atoms with Crippen molar-refractivity contribution in [2.45, 2.75) is 20.4 Å². The van der Waals surface area contributed by atoms with E-state index in [1.807, 2.05) is 19.0 Å². The summed E-state index contributed by atoms with van der Waals surface area (Å²) < 4.78 is 20.9. The number of aromatic nitrogens is 1. The summed E-state index contributed by atoms with van der Waals surface area (Å²) in [6.07, 6.45) is 0. The number of esters is 1. The van der Waals surface area contributed by atoms with E-state index in [0.717, 1.165) is 0 Å². The normalized spacial score (nSPS) is 11.4. The number of benzene rings is 1. The lowest BCUT2D eigenvalue weighted by molar-refractivity contribution is 0.0527. The van der Waals surface area contributed by atoms with Crippen LogP contribution in [-0.4, -0.2) is 41.2 Å². The van der Waals surface area contributed by atoms with Crippen molar-refractivity contribution in [3.63, 3.8) is 0 Å². The van der Waals surface area contributed by atoms with E-state index in [0.29, 0.717) is 34.3 Å². The first kappa shape index (κ1) is 16.3. The summed E-state index contributed by atoms with van der Waals surface area (Å²) in [6.45, 7) is 4.08. The van der Waals surface area contributed by atoms with E-state index in [1.165, 1.54) is 6.07 Å². The van der Waals surface area contributed by atoms with Crippen LogP contribution < -0.4 is 0 Å². The fourth-order valence-corrected chi connectivity index (χ4v) is 2.67. The molecule has 120 valence electrons. The minimum Gasteiger partial charge on any atom is -0.505 e. The summed E-state index contributed by atoms with van der Waals surface area (Å²) in [4.78, 5) is 14.1. The van der Waals surface area contributed by atoms with Gasteiger partial charge in [0.15, 0.2) is 11.6 Å². The molecule has 22 heavy (non-hydrogen) atoms. The molecule has 0 unspecified atom stereocenters. The minimum atomic E-state index is -0.694. The molecule has 2 aromatic rings. The summed E-state index contributed by atoms with van der Waals surface area (Å²) in [5.41, 5.74) is 2.02. The van der Waals surface area contributed by atoms with Gasteiger partial charge in [-0.15, -0.1) is 0 Å². The third kappa shape index (κ3) is 2.54. The number of rotatable bonds is 4. The van der Waals surface area contributed by atoms with Gasteiger partial charge in [-0.1, -0.05) is 0 Å². The standard InChI is InChI=1S/C16H21FN2O3/c1-6-22-16(21)13-9(2)19(5)12-7-11(17)15(20)10(14(12)13)8-18(3)4/h7,20H,6,8H2,1-5H3. The van der Waals surface area contributed by atoms with Crippen molar-refractivity contribution in [1.29, 1.82) is 0 Å². The van der Waals surface area contributed by atoms with Gasteiger partial charge >= 0.3 is 5.97 Å². The van der Waals surface area contributed by atoms with Gasteiger partial charge in [0.1, 0.15) is 0 Å². The summed E-state index contributed by atoms with van der Waals surface area (Å²) >= 11 is 0. The zero-order chi connectivity index (χ0) is 16.6. The lowest BCUT2D eigenvalue weighted by Gasteiger charge is -2.14. The van der Waals surface area contributed by atoms with E-state index in [2.05, 4.69) is 0 Å². The molecular formula is C16H21FN2O3. The molecule has 1 N–H and O–H groups in total. The van der Waals surface area contributed by atoms with Crippen molar-refractivity contribution in [2.75, 3.05) is 20.7 Å². The fourth-order valence-electron chi connectivity index (χ4n) is 2.67. The summed E-state index contributed by atoms with van der Waals surface area (Å²) in [5, 5.41) is 10.7. The Morgan fingerprint density at radius 2 is 2.09 bits per heavy atom. The number of halogens is 1. The Labute approximate surface area is 128 Å². The van der Waals surface area contributed by atoms with Gasteiger partial charge in [-0.25, -0.2) is 9.18 Å². The van der Waals surface area contributed by atoms with Gasteiger partial charge in [0.05, 0.1) is 17.7 Å². The molecule has 5 nitrogen and oxygen atoms in total. The fraction of sp³-hybridized carbons (Fsp3) is 0.438. The summed E-state index contributed by atoms with van der Waals surface area (Å²) in [5.74, 6) is -1.57. The van der Waals surface area contributed by atoms with Crippen LogP contribution in [0.15, 0.2) is 6.07 Å². The van der Waals surface area contributed by atoms with Crippen LogP contribution in [0.3, 0.4) is 0 Å². The molecule has 0 aliphatic rings. The second-order valence-corrected chi connectivity index (χ2v) is 5.56. The Kier molecular flexibility index (Phi) is 4.42. The Bertz CT molecular complexity index is 735. The number of carbonyl (C=O) groups is 1. The zero-order valence-electron chi connectivity index (χ0n) is 13.5. The van der Waals surface area contributed by atoms with Crippen molar-refractivity contribution >= 4 is 16.9 Å². The lowest BCUT2D eigenvalue weighted by Crippen LogP contribution is -2.13. The molecule has 0 fully saturated rings. The maximum Gasteiger partial charge on any atom is 0.340 e. The van der Waals surface area contributed by atoms with Crippen molar-refractivity contribution in [3.05, 3.63) is 28.7 Å². The number of hydrogen-bond donors (Lipinski definition) is 1. The SMILES string of the molecule is CCOC(=O)c1c(C)n(C)c2cc(F)c(O)c(CN(C)C)c12. The quantitative estimate of drug-likeness (QED) is 0.882. The second kappa shape index (κ2) is 5.96. The third-order valence-corrected chi connectivity index (χ3v) is 3.76. The lowest BCUT2D eigenvalue weighted by atomic mass is 10.0. The largest absolute Gasteiger partial charge is 0.505 e. The number of aromatic hydroxyl groups is 1. The van der Waals surface area contributed by atoms with Crippen LogP contribution >= 0.6 is 0 Å². The highest BCUT2D eigenvalue weighted by Gasteiger charge is 2.25. The first-order valence-electron chi connectivity index (χ1n) is 7.10. The molecule has 0 amide bonds. The van der Waals surface area contributed by atoms with Gasteiger partial charge in [0, 0.05) is 36.3 Å². The van der Waals surface area contributed by atoms with Crippen LogP contribution in [0.25, 0.3) is 10.9 Å². The van der Waals surface area contributed by atoms with Gasteiger partial charge in [-0.3, -0.25) is 0 Å². The van der Waals surface area contributed by atoms with Gasteiger partial charge in [-0.05, 0) is 27.9 Å². The van der Waals surface area contributed by atoms with Gasteiger partial charge in [0.25, 0.3) is 0 Å². The zero-order valence-corrected chi connectivity index (χ0v) is 13.5. The molecule has 0 aliphatic heterocycles. The van der Waals surface area contributed by atoms with E-state index >= 15 is 0 Å². The number of aryl methyl sites for hydroxylation is 1. The maximum absolute atomic E-state index is 14.0. The average Bonchev–Trinajstić information content (AvgIpc) is 2.68. The molecule has 2 rings (SSSR count). The third-order valence-electron chi connectivity index (χ3n) is 3.76. The molecular weight excluding hydrogens is 287 g/mol. The predicted octanol–water partition coefficient (Wildman–Crippen LogP) is 2.57. The molecule has 0 radical (unpaired) electrons. The van der Waals surface area contributed by atoms with E-state index in [4.69, 9.17) is 4.74 Å². The maximum atomic E-state index is 14.0. The molecule has 0 saturated heterocycles. The smallest absolute Gasteiger partial charge is 0.340 e. The van der Waals surface area contributed by atoms with E-state index in [-0.39, 0.29) is 6.61 Å². The summed E-state index contributed by atoms with van der Waals surface area (Å²) in [6, 6.07) is 1.25. The molecule has 0 aliphatic carbocycles. The highest BCUT2D eigenvalue weighted by Crippen LogP contribution is 2.36. The van der Waals surface area contributed by atoms with E-state index in [9.17, 15) is 14.3 Å². The first-order valence-corrected chi connectivity index (χ1v) is 7.10. The topological polar surface area (TPSA) is 54.7 Å². The molecule has 1 aromatic carbocycles. The van der Waals surface area contributed by atoms with Crippen molar-refractivity contribution in [1.82, 2.24) is 9.47 Å². The molecule has 0 atom stereocenters. The van der Waals surface area contributed by atoms with Gasteiger partial charge < -0.3 is 19.3 Å². The monoisotopic (exact) mass is 308 g/mol. The van der Waals surface area contributed by atoms with Crippen LogP contribution in [0.1, 0.15) is 28.5 Å². The number of nitrogens with zero attached hydrogens (tertiary/aromatic N) is 2. The van der Waals surface area contributed by atoms with Crippen molar-refractivity contribution in [3.8, 4) is 5.75 Å². The number of fused-ring (bicyclic) bond motifs is 1. The van der Waals surface area contributed by atoms with E-state index < -0.39 is 17.5 Å². The number of hydrogen-bond acceptors (Lipinski definition) is 4. The molecule has 1 heterocycles. The molecule has 1 aromatic heterocycles. The molecule has 0 saturated carbocycles. The van der Waals surface area contributed by atoms with Crippen molar-refractivity contribution in [2.24, 2.45) is 7.05 Å². The predicted molar refractivity (Wildman–Crippen MR) is 82.6 cm³/mol. The Hall–Kier alpha value is -2.08. The van der Waals surface area contributed by atoms with E-state index in [1.54, 1.807) is 25.5 Å².